The quantitative estimate of drug-likeness (QED) is 0.756. The van der Waals surface area contributed by atoms with Gasteiger partial charge in [0.15, 0.2) is 0 Å². The largest absolute Gasteiger partial charge is 0.331 e. The average Bonchev–Trinajstić information content (AvgIpc) is 2.92. The first-order chi connectivity index (χ1) is 10.0. The molecule has 0 bridgehead atoms. The van der Waals surface area contributed by atoms with Crippen molar-refractivity contribution in [1.82, 2.24) is 9.13 Å². The van der Waals surface area contributed by atoms with E-state index in [9.17, 15) is 14.4 Å². The van der Waals surface area contributed by atoms with Crippen molar-refractivity contribution in [3.63, 3.8) is 0 Å². The summed E-state index contributed by atoms with van der Waals surface area (Å²) in [5.41, 5.74) is 1.07. The molecular weight excluding hydrogens is 270 g/mol. The second-order valence-electron chi connectivity index (χ2n) is 5.10. The Morgan fingerprint density at radius 1 is 1.10 bits per heavy atom. The molecular formula is C15H15N3O3. The lowest BCUT2D eigenvalue weighted by Gasteiger charge is -2.18. The summed E-state index contributed by atoms with van der Waals surface area (Å²) in [6.07, 6.45) is 0.778. The zero-order valence-corrected chi connectivity index (χ0v) is 11.9. The fourth-order valence-electron chi connectivity index (χ4n) is 2.63. The van der Waals surface area contributed by atoms with E-state index in [1.54, 1.807) is 4.90 Å². The maximum atomic E-state index is 12.7. The highest BCUT2D eigenvalue weighted by molar-refractivity contribution is 6.06. The summed E-state index contributed by atoms with van der Waals surface area (Å²) in [5.74, 6) is -0.322. The van der Waals surface area contributed by atoms with E-state index in [0.29, 0.717) is 6.54 Å². The third-order valence-corrected chi connectivity index (χ3v) is 3.88. The number of carbonyl (C=O) groups excluding carboxylic acids is 1. The van der Waals surface area contributed by atoms with Gasteiger partial charge in [-0.2, -0.15) is 0 Å². The van der Waals surface area contributed by atoms with E-state index in [1.165, 1.54) is 24.7 Å². The molecule has 0 unspecified atom stereocenters. The Morgan fingerprint density at radius 2 is 1.81 bits per heavy atom. The molecule has 1 aromatic heterocycles. The summed E-state index contributed by atoms with van der Waals surface area (Å²) < 4.78 is 2.19. The predicted octanol–water partition coefficient (Wildman–Crippen LogP) is 0.287. The second kappa shape index (κ2) is 4.73. The minimum Gasteiger partial charge on any atom is -0.306 e. The van der Waals surface area contributed by atoms with E-state index in [1.807, 2.05) is 24.3 Å². The van der Waals surface area contributed by atoms with Gasteiger partial charge >= 0.3 is 5.69 Å². The van der Waals surface area contributed by atoms with E-state index in [4.69, 9.17) is 0 Å². The molecule has 2 heterocycles. The number of para-hydroxylation sites is 1. The van der Waals surface area contributed by atoms with Gasteiger partial charge in [0.1, 0.15) is 5.69 Å². The molecule has 1 amide bonds. The van der Waals surface area contributed by atoms with Gasteiger partial charge in [-0.1, -0.05) is 18.2 Å². The molecule has 108 valence electrons. The molecule has 2 aromatic rings. The Balaban J connectivity index is 2.10. The number of carbonyl (C=O) groups is 1. The lowest BCUT2D eigenvalue weighted by molar-refractivity contribution is 0.0979. The number of anilines is 1. The SMILES string of the molecule is Cn1c(C(=O)N2CCc3ccccc32)cc(=O)n(C)c1=O. The van der Waals surface area contributed by atoms with Gasteiger partial charge in [-0.3, -0.25) is 18.7 Å². The van der Waals surface area contributed by atoms with Gasteiger partial charge in [-0.05, 0) is 18.1 Å². The Bertz CT molecular complexity index is 848. The Labute approximate surface area is 120 Å². The number of hydrogen-bond donors (Lipinski definition) is 0. The van der Waals surface area contributed by atoms with Crippen LogP contribution in [0.3, 0.4) is 0 Å². The number of fused-ring (bicyclic) bond motifs is 1. The molecule has 6 nitrogen and oxygen atoms in total. The molecule has 0 saturated carbocycles. The molecule has 0 atom stereocenters. The predicted molar refractivity (Wildman–Crippen MR) is 78.7 cm³/mol. The highest BCUT2D eigenvalue weighted by Gasteiger charge is 2.27. The van der Waals surface area contributed by atoms with E-state index >= 15 is 0 Å². The number of nitrogens with zero attached hydrogens (tertiary/aromatic N) is 3. The van der Waals surface area contributed by atoms with Crippen molar-refractivity contribution in [1.29, 1.82) is 0 Å². The summed E-state index contributed by atoms with van der Waals surface area (Å²) in [4.78, 5) is 38.0. The van der Waals surface area contributed by atoms with Crippen LogP contribution in [0.2, 0.25) is 0 Å². The van der Waals surface area contributed by atoms with Gasteiger partial charge in [-0.15, -0.1) is 0 Å². The maximum Gasteiger partial charge on any atom is 0.331 e. The van der Waals surface area contributed by atoms with Crippen LogP contribution in [-0.4, -0.2) is 21.6 Å². The highest BCUT2D eigenvalue weighted by atomic mass is 16.2. The molecule has 0 saturated heterocycles. The highest BCUT2D eigenvalue weighted by Crippen LogP contribution is 2.28. The standard InChI is InChI=1S/C15H15N3O3/c1-16-12(9-13(19)17(2)15(16)21)14(20)18-8-7-10-5-3-4-6-11(10)18/h3-6,9H,7-8H2,1-2H3. The zero-order chi connectivity index (χ0) is 15.1. The Kier molecular flexibility index (Phi) is 3.01. The van der Waals surface area contributed by atoms with Crippen LogP contribution in [-0.2, 0) is 20.5 Å². The molecule has 0 fully saturated rings. The van der Waals surface area contributed by atoms with Crippen molar-refractivity contribution >= 4 is 11.6 Å². The summed E-state index contributed by atoms with van der Waals surface area (Å²) in [6.45, 7) is 0.557. The van der Waals surface area contributed by atoms with Gasteiger partial charge in [0, 0.05) is 32.4 Å². The van der Waals surface area contributed by atoms with Crippen LogP contribution in [0.1, 0.15) is 16.1 Å². The van der Waals surface area contributed by atoms with E-state index in [0.717, 1.165) is 22.2 Å². The maximum absolute atomic E-state index is 12.7. The summed E-state index contributed by atoms with van der Waals surface area (Å²) in [5, 5.41) is 0. The Morgan fingerprint density at radius 3 is 2.57 bits per heavy atom. The van der Waals surface area contributed by atoms with Crippen LogP contribution in [0.5, 0.6) is 0 Å². The first-order valence-corrected chi connectivity index (χ1v) is 6.67. The fraction of sp³-hybridized carbons (Fsp3) is 0.267. The minimum absolute atomic E-state index is 0.111. The Hall–Kier alpha value is -2.63. The second-order valence-corrected chi connectivity index (χ2v) is 5.10. The summed E-state index contributed by atoms with van der Waals surface area (Å²) in [7, 11) is 2.89. The van der Waals surface area contributed by atoms with Gasteiger partial charge in [0.25, 0.3) is 11.5 Å². The average molecular weight is 285 g/mol. The van der Waals surface area contributed by atoms with Crippen LogP contribution in [0.15, 0.2) is 39.9 Å². The van der Waals surface area contributed by atoms with Crippen molar-refractivity contribution in [3.05, 3.63) is 62.4 Å². The van der Waals surface area contributed by atoms with Gasteiger partial charge in [0.05, 0.1) is 0 Å². The molecule has 6 heteroatoms. The molecule has 1 aliphatic rings. The number of amides is 1. The topological polar surface area (TPSA) is 64.3 Å². The van der Waals surface area contributed by atoms with Crippen molar-refractivity contribution in [2.24, 2.45) is 14.1 Å². The van der Waals surface area contributed by atoms with Crippen molar-refractivity contribution in [2.45, 2.75) is 6.42 Å². The van der Waals surface area contributed by atoms with Crippen LogP contribution in [0.4, 0.5) is 5.69 Å². The molecule has 1 aromatic carbocycles. The van der Waals surface area contributed by atoms with Gasteiger partial charge in [-0.25, -0.2) is 4.79 Å². The number of aromatic nitrogens is 2. The lowest BCUT2D eigenvalue weighted by atomic mass is 10.2. The molecule has 3 rings (SSSR count). The monoisotopic (exact) mass is 285 g/mol. The van der Waals surface area contributed by atoms with Crippen LogP contribution < -0.4 is 16.1 Å². The third-order valence-electron chi connectivity index (χ3n) is 3.88. The minimum atomic E-state index is -0.502. The number of hydrogen-bond acceptors (Lipinski definition) is 3. The lowest BCUT2D eigenvalue weighted by Crippen LogP contribution is -2.42. The number of rotatable bonds is 1. The number of benzene rings is 1. The van der Waals surface area contributed by atoms with E-state index in [-0.39, 0.29) is 11.6 Å². The van der Waals surface area contributed by atoms with Crippen molar-refractivity contribution in [3.8, 4) is 0 Å². The van der Waals surface area contributed by atoms with Gasteiger partial charge in [0.2, 0.25) is 0 Å². The normalized spacial score (nSPS) is 13.3. The molecule has 0 aliphatic carbocycles. The van der Waals surface area contributed by atoms with Crippen LogP contribution in [0, 0.1) is 0 Å². The van der Waals surface area contributed by atoms with Gasteiger partial charge < -0.3 is 4.90 Å². The van der Waals surface area contributed by atoms with E-state index < -0.39 is 11.2 Å². The first kappa shape index (κ1) is 13.4. The first-order valence-electron chi connectivity index (χ1n) is 6.67. The zero-order valence-electron chi connectivity index (χ0n) is 11.9. The smallest absolute Gasteiger partial charge is 0.306 e. The van der Waals surface area contributed by atoms with Crippen LogP contribution >= 0.6 is 0 Å². The fourth-order valence-corrected chi connectivity index (χ4v) is 2.63. The van der Waals surface area contributed by atoms with Crippen molar-refractivity contribution < 1.29 is 4.79 Å². The molecule has 21 heavy (non-hydrogen) atoms. The van der Waals surface area contributed by atoms with Crippen molar-refractivity contribution in [2.75, 3.05) is 11.4 Å². The molecule has 0 radical (unpaired) electrons. The van der Waals surface area contributed by atoms with E-state index in [2.05, 4.69) is 0 Å². The summed E-state index contributed by atoms with van der Waals surface area (Å²) >= 11 is 0. The molecule has 1 aliphatic heterocycles. The summed E-state index contributed by atoms with van der Waals surface area (Å²) in [6, 6.07) is 8.87. The third kappa shape index (κ3) is 1.99. The van der Waals surface area contributed by atoms with Crippen LogP contribution in [0.25, 0.3) is 0 Å². The molecule has 0 N–H and O–H groups in total. The molecule has 0 spiro atoms.